The number of carbonyl (C=O) groups is 2. The summed E-state index contributed by atoms with van der Waals surface area (Å²) in [7, 11) is 4.50. The second-order valence-corrected chi connectivity index (χ2v) is 13.2. The molecule has 2 amide bonds. The third-order valence-electron chi connectivity index (χ3n) is 8.74. The fraction of sp³-hybridized carbons (Fsp3) is 0.122. The molecule has 266 valence electrons. The molecule has 1 aliphatic rings. The van der Waals surface area contributed by atoms with Crippen molar-refractivity contribution < 1.29 is 28.2 Å². The van der Waals surface area contributed by atoms with Crippen molar-refractivity contribution in [2.75, 3.05) is 21.3 Å². The number of nitrogens with zero attached hydrogens (tertiary/aromatic N) is 3. The van der Waals surface area contributed by atoms with Crippen LogP contribution in [-0.2, 0) is 4.79 Å². The Morgan fingerprint density at radius 3 is 2.15 bits per heavy atom. The van der Waals surface area contributed by atoms with Crippen LogP contribution in [0, 0.1) is 12.7 Å². The van der Waals surface area contributed by atoms with Gasteiger partial charge in [0, 0.05) is 11.1 Å². The molecule has 0 bridgehead atoms. The van der Waals surface area contributed by atoms with E-state index in [0.717, 1.165) is 11.1 Å². The van der Waals surface area contributed by atoms with E-state index in [9.17, 15) is 18.8 Å². The molecule has 0 saturated carbocycles. The second kappa shape index (κ2) is 14.7. The van der Waals surface area contributed by atoms with E-state index >= 15 is 0 Å². The van der Waals surface area contributed by atoms with E-state index in [0.29, 0.717) is 55.7 Å². The molecule has 1 fully saturated rings. The Bertz CT molecular complexity index is 2420. The molecule has 7 rings (SSSR count). The van der Waals surface area contributed by atoms with Crippen molar-refractivity contribution in [3.8, 4) is 34.3 Å². The van der Waals surface area contributed by atoms with Gasteiger partial charge in [-0.05, 0) is 84.8 Å². The van der Waals surface area contributed by atoms with Crippen LogP contribution in [-0.4, -0.2) is 47.7 Å². The number of aromatic nitrogens is 2. The molecule has 5 aromatic carbocycles. The lowest BCUT2D eigenvalue weighted by molar-refractivity contribution is -0.128. The predicted octanol–water partition coefficient (Wildman–Crippen LogP) is 7.49. The van der Waals surface area contributed by atoms with Gasteiger partial charge in [0.2, 0.25) is 5.75 Å². The maximum Gasteiger partial charge on any atom is 0.280 e. The normalized spacial score (nSPS) is 14.8. The fourth-order valence-electron chi connectivity index (χ4n) is 6.04. The summed E-state index contributed by atoms with van der Waals surface area (Å²) < 4.78 is 31.8. The minimum atomic E-state index is -0.709. The van der Waals surface area contributed by atoms with Crippen molar-refractivity contribution in [3.63, 3.8) is 0 Å². The highest BCUT2D eigenvalue weighted by molar-refractivity contribution is 8.04. The Balaban J connectivity index is 1.22. The first-order valence-corrected chi connectivity index (χ1v) is 17.3. The Morgan fingerprint density at radius 1 is 0.849 bits per heavy atom. The largest absolute Gasteiger partial charge is 0.493 e. The number of ether oxygens (including phenoxy) is 3. The Morgan fingerprint density at radius 2 is 1.51 bits per heavy atom. The highest BCUT2D eigenvalue weighted by atomic mass is 32.2. The number of aryl methyl sites for hydroxylation is 1. The van der Waals surface area contributed by atoms with E-state index in [-0.39, 0.29) is 11.1 Å². The van der Waals surface area contributed by atoms with Crippen molar-refractivity contribution in [3.05, 3.63) is 153 Å². The zero-order chi connectivity index (χ0) is 37.2. The van der Waals surface area contributed by atoms with E-state index in [2.05, 4.69) is 5.43 Å². The molecule has 1 saturated heterocycles. The zero-order valence-corrected chi connectivity index (χ0v) is 29.9. The van der Waals surface area contributed by atoms with Crippen LogP contribution in [0.25, 0.3) is 34.1 Å². The van der Waals surface area contributed by atoms with Crippen molar-refractivity contribution in [1.82, 2.24) is 20.0 Å². The molecule has 0 radical (unpaired) electrons. The van der Waals surface area contributed by atoms with Gasteiger partial charge in [-0.2, -0.15) is 0 Å². The van der Waals surface area contributed by atoms with Crippen molar-refractivity contribution >= 4 is 40.6 Å². The summed E-state index contributed by atoms with van der Waals surface area (Å²) in [6.07, 6.45) is 1.66. The minimum Gasteiger partial charge on any atom is -0.493 e. The molecule has 0 spiro atoms. The standard InChI is InChI=1S/C41H33FN4O6S/c1-24-9-11-26(12-10-24)37-43-32-8-6-5-7-31(32)39(48)45(37)30-19-15-27(16-20-30)38(47)44-46-40(49)35(53-41(46)28-13-17-29(42)18-14-28)23-25-21-33(50-2)36(52-4)34(22-25)51-3/h5-23,41H,1-4H3,(H,44,47)/b35-23-. The highest BCUT2D eigenvalue weighted by Gasteiger charge is 2.39. The van der Waals surface area contributed by atoms with Gasteiger partial charge in [0.15, 0.2) is 11.5 Å². The van der Waals surface area contributed by atoms with Crippen LogP contribution >= 0.6 is 11.8 Å². The SMILES string of the molecule is COc1cc(/C=C2\SC(c3ccc(F)cc3)N(NC(=O)c3ccc(-n4c(-c5ccc(C)cc5)nc5ccccc5c4=O)cc3)C2=O)cc(OC)c1OC. The molecular weight excluding hydrogens is 696 g/mol. The number of benzene rings is 5. The zero-order valence-electron chi connectivity index (χ0n) is 29.1. The van der Waals surface area contributed by atoms with Gasteiger partial charge < -0.3 is 14.2 Å². The molecule has 1 aromatic heterocycles. The first kappa shape index (κ1) is 35.0. The first-order chi connectivity index (χ1) is 25.7. The van der Waals surface area contributed by atoms with Crippen LogP contribution in [0.1, 0.15) is 32.4 Å². The van der Waals surface area contributed by atoms with Gasteiger partial charge in [-0.25, -0.2) is 14.4 Å². The third kappa shape index (κ3) is 6.84. The topological polar surface area (TPSA) is 112 Å². The van der Waals surface area contributed by atoms with Gasteiger partial charge in [0.25, 0.3) is 17.4 Å². The number of carbonyl (C=O) groups excluding carboxylic acids is 2. The number of hydrogen-bond donors (Lipinski definition) is 1. The highest BCUT2D eigenvalue weighted by Crippen LogP contribution is 2.46. The third-order valence-corrected chi connectivity index (χ3v) is 9.99. The van der Waals surface area contributed by atoms with Gasteiger partial charge in [0.1, 0.15) is 17.0 Å². The summed E-state index contributed by atoms with van der Waals surface area (Å²) >= 11 is 1.20. The van der Waals surface area contributed by atoms with E-state index < -0.39 is 23.0 Å². The summed E-state index contributed by atoms with van der Waals surface area (Å²) in [5.41, 5.74) is 6.85. The van der Waals surface area contributed by atoms with Crippen molar-refractivity contribution in [2.24, 2.45) is 0 Å². The average Bonchev–Trinajstić information content (AvgIpc) is 3.48. The predicted molar refractivity (Wildman–Crippen MR) is 203 cm³/mol. The first-order valence-electron chi connectivity index (χ1n) is 16.5. The van der Waals surface area contributed by atoms with Crippen LogP contribution in [0.4, 0.5) is 4.39 Å². The molecule has 1 unspecified atom stereocenters. The van der Waals surface area contributed by atoms with E-state index in [1.165, 1.54) is 54.8 Å². The fourth-order valence-corrected chi connectivity index (χ4v) is 7.23. The molecular formula is C41H33FN4O6S. The molecule has 1 N–H and O–H groups in total. The number of methoxy groups -OCH3 is 3. The number of thioether (sulfide) groups is 1. The number of nitrogens with one attached hydrogen (secondary N) is 1. The number of amides is 2. The lowest BCUT2D eigenvalue weighted by Gasteiger charge is -2.24. The number of halogens is 1. The molecule has 12 heteroatoms. The minimum absolute atomic E-state index is 0.241. The summed E-state index contributed by atoms with van der Waals surface area (Å²) in [5.74, 6) is 0.210. The monoisotopic (exact) mass is 728 g/mol. The number of rotatable bonds is 9. The summed E-state index contributed by atoms with van der Waals surface area (Å²) in [5, 5.41) is 0.974. The average molecular weight is 729 g/mol. The smallest absolute Gasteiger partial charge is 0.280 e. The molecule has 0 aliphatic carbocycles. The summed E-state index contributed by atoms with van der Waals surface area (Å²) in [6.45, 7) is 1.98. The van der Waals surface area contributed by atoms with Crippen molar-refractivity contribution in [1.29, 1.82) is 0 Å². The number of para-hydroxylation sites is 1. The number of hydrazine groups is 1. The van der Waals surface area contributed by atoms with Gasteiger partial charge >= 0.3 is 0 Å². The maximum absolute atomic E-state index is 14.0. The molecule has 10 nitrogen and oxygen atoms in total. The second-order valence-electron chi connectivity index (χ2n) is 12.1. The Kier molecular flexibility index (Phi) is 9.70. The van der Waals surface area contributed by atoms with E-state index in [4.69, 9.17) is 19.2 Å². The Labute approximate surface area is 308 Å². The molecule has 1 atom stereocenters. The molecule has 2 heterocycles. The van der Waals surface area contributed by atoms with Gasteiger partial charge in [-0.1, -0.05) is 65.9 Å². The number of hydrogen-bond acceptors (Lipinski definition) is 8. The van der Waals surface area contributed by atoms with Crippen LogP contribution < -0.4 is 25.2 Å². The lowest BCUT2D eigenvalue weighted by Crippen LogP contribution is -2.44. The lowest BCUT2D eigenvalue weighted by atomic mass is 10.1. The molecule has 53 heavy (non-hydrogen) atoms. The van der Waals surface area contributed by atoms with Crippen LogP contribution in [0.3, 0.4) is 0 Å². The number of fused-ring (bicyclic) bond motifs is 1. The maximum atomic E-state index is 14.0. The van der Waals surface area contributed by atoms with Gasteiger partial charge in [-0.15, -0.1) is 0 Å². The van der Waals surface area contributed by atoms with E-state index in [1.54, 1.807) is 72.8 Å². The molecule has 1 aliphatic heterocycles. The molecule has 6 aromatic rings. The van der Waals surface area contributed by atoms with Crippen molar-refractivity contribution in [2.45, 2.75) is 12.3 Å². The van der Waals surface area contributed by atoms with Crippen LogP contribution in [0.2, 0.25) is 0 Å². The van der Waals surface area contributed by atoms with Crippen LogP contribution in [0.15, 0.2) is 119 Å². The Hall–Kier alpha value is -6.40. The van der Waals surface area contributed by atoms with E-state index in [1.807, 2.05) is 37.3 Å². The van der Waals surface area contributed by atoms with Gasteiger partial charge in [0.05, 0.1) is 42.8 Å². The van der Waals surface area contributed by atoms with Crippen LogP contribution in [0.5, 0.6) is 17.2 Å². The summed E-state index contributed by atoms with van der Waals surface area (Å²) in [4.78, 5) is 46.8. The quantitative estimate of drug-likeness (QED) is 0.153. The summed E-state index contributed by atoms with van der Waals surface area (Å²) in [6, 6.07) is 30.5. The van der Waals surface area contributed by atoms with Gasteiger partial charge in [-0.3, -0.25) is 24.4 Å².